The molecule has 0 aromatic carbocycles. The van der Waals surface area contributed by atoms with Gasteiger partial charge in [-0.2, -0.15) is 0 Å². The van der Waals surface area contributed by atoms with E-state index in [2.05, 4.69) is 29.2 Å². The summed E-state index contributed by atoms with van der Waals surface area (Å²) < 4.78 is 0. The number of hydrogen-bond donors (Lipinski definition) is 2. The molecule has 5 heteroatoms. The SMILES string of the molecule is CC(C)Sc1cncc(NN)n1. The first-order chi connectivity index (χ1) is 5.72. The zero-order chi connectivity index (χ0) is 8.97. The van der Waals surface area contributed by atoms with Gasteiger partial charge in [0.15, 0.2) is 5.82 Å². The van der Waals surface area contributed by atoms with E-state index in [-0.39, 0.29) is 0 Å². The van der Waals surface area contributed by atoms with E-state index in [1.165, 1.54) is 0 Å². The molecule has 0 saturated heterocycles. The van der Waals surface area contributed by atoms with Gasteiger partial charge in [0.05, 0.1) is 12.4 Å². The molecule has 0 aliphatic rings. The maximum atomic E-state index is 5.19. The molecule has 4 nitrogen and oxygen atoms in total. The maximum Gasteiger partial charge on any atom is 0.159 e. The lowest BCUT2D eigenvalue weighted by Gasteiger charge is -2.04. The Balaban J connectivity index is 2.72. The normalized spacial score (nSPS) is 10.3. The summed E-state index contributed by atoms with van der Waals surface area (Å²) in [5.41, 5.74) is 2.45. The summed E-state index contributed by atoms with van der Waals surface area (Å²) in [5.74, 6) is 5.79. The lowest BCUT2D eigenvalue weighted by atomic mass is 10.6. The Morgan fingerprint density at radius 3 is 2.83 bits per heavy atom. The molecule has 1 aromatic rings. The van der Waals surface area contributed by atoms with Gasteiger partial charge in [-0.25, -0.2) is 10.8 Å². The molecule has 0 unspecified atom stereocenters. The standard InChI is InChI=1S/C7H12N4S/c1-5(2)12-7-4-9-3-6(10-7)11-8/h3-5H,8H2,1-2H3,(H,10,11). The predicted molar refractivity (Wildman–Crippen MR) is 50.8 cm³/mol. The summed E-state index contributed by atoms with van der Waals surface area (Å²) in [6.45, 7) is 4.21. The first kappa shape index (κ1) is 9.28. The third-order valence-corrected chi connectivity index (χ3v) is 2.03. The van der Waals surface area contributed by atoms with Gasteiger partial charge in [-0.05, 0) is 0 Å². The Hall–Kier alpha value is -0.810. The molecule has 1 aromatic heterocycles. The summed E-state index contributed by atoms with van der Waals surface area (Å²) in [7, 11) is 0. The van der Waals surface area contributed by atoms with E-state index in [0.717, 1.165) is 5.03 Å². The van der Waals surface area contributed by atoms with Crippen molar-refractivity contribution in [2.45, 2.75) is 24.1 Å². The minimum absolute atomic E-state index is 0.507. The molecule has 1 heterocycles. The molecule has 0 aliphatic carbocycles. The molecule has 0 spiro atoms. The van der Waals surface area contributed by atoms with Crippen molar-refractivity contribution >= 4 is 17.6 Å². The van der Waals surface area contributed by atoms with E-state index in [9.17, 15) is 0 Å². The van der Waals surface area contributed by atoms with Crippen molar-refractivity contribution in [3.05, 3.63) is 12.4 Å². The molecule has 0 fully saturated rings. The van der Waals surface area contributed by atoms with E-state index < -0.39 is 0 Å². The number of nitrogen functional groups attached to an aromatic ring is 1. The predicted octanol–water partition coefficient (Wildman–Crippen LogP) is 1.26. The van der Waals surface area contributed by atoms with E-state index in [0.29, 0.717) is 11.1 Å². The molecule has 0 saturated carbocycles. The number of anilines is 1. The van der Waals surface area contributed by atoms with E-state index in [4.69, 9.17) is 5.84 Å². The van der Waals surface area contributed by atoms with Crippen molar-refractivity contribution in [2.24, 2.45) is 5.84 Å². The quantitative estimate of drug-likeness (QED) is 0.420. The van der Waals surface area contributed by atoms with Gasteiger partial charge in [0, 0.05) is 5.25 Å². The van der Waals surface area contributed by atoms with Crippen LogP contribution in [0.15, 0.2) is 17.4 Å². The van der Waals surface area contributed by atoms with Gasteiger partial charge < -0.3 is 5.43 Å². The Bertz CT molecular complexity index is 251. The van der Waals surface area contributed by atoms with Crippen LogP contribution in [0.3, 0.4) is 0 Å². The van der Waals surface area contributed by atoms with Gasteiger partial charge >= 0.3 is 0 Å². The van der Waals surface area contributed by atoms with Gasteiger partial charge in [0.2, 0.25) is 0 Å². The molecular weight excluding hydrogens is 172 g/mol. The van der Waals surface area contributed by atoms with Crippen LogP contribution in [0.1, 0.15) is 13.8 Å². The highest BCUT2D eigenvalue weighted by molar-refractivity contribution is 7.99. The number of hydrogen-bond acceptors (Lipinski definition) is 5. The minimum Gasteiger partial charge on any atom is -0.307 e. The van der Waals surface area contributed by atoms with Gasteiger partial charge in [0.1, 0.15) is 5.03 Å². The number of nitrogens with zero attached hydrogens (tertiary/aromatic N) is 2. The minimum atomic E-state index is 0.507. The average molecular weight is 184 g/mol. The van der Waals surface area contributed by atoms with Gasteiger partial charge in [-0.3, -0.25) is 4.98 Å². The van der Waals surface area contributed by atoms with Crippen LogP contribution >= 0.6 is 11.8 Å². The van der Waals surface area contributed by atoms with Crippen LogP contribution in [0.4, 0.5) is 5.82 Å². The fourth-order valence-corrected chi connectivity index (χ4v) is 1.47. The second kappa shape index (κ2) is 4.27. The van der Waals surface area contributed by atoms with Crippen LogP contribution in [0.5, 0.6) is 0 Å². The molecule has 12 heavy (non-hydrogen) atoms. The molecule has 0 radical (unpaired) electrons. The zero-order valence-corrected chi connectivity index (χ0v) is 7.93. The van der Waals surface area contributed by atoms with Crippen LogP contribution in [0.25, 0.3) is 0 Å². The summed E-state index contributed by atoms with van der Waals surface area (Å²) >= 11 is 1.66. The average Bonchev–Trinajstić information content (AvgIpc) is 2.03. The molecule has 66 valence electrons. The number of nitrogens with one attached hydrogen (secondary N) is 1. The van der Waals surface area contributed by atoms with Crippen LogP contribution in [0.2, 0.25) is 0 Å². The molecule has 0 bridgehead atoms. The largest absolute Gasteiger partial charge is 0.307 e. The van der Waals surface area contributed by atoms with Gasteiger partial charge in [0.25, 0.3) is 0 Å². The second-order valence-electron chi connectivity index (χ2n) is 2.55. The van der Waals surface area contributed by atoms with Crippen LogP contribution in [-0.2, 0) is 0 Å². The summed E-state index contributed by atoms with van der Waals surface area (Å²) in [6.07, 6.45) is 3.32. The molecule has 3 N–H and O–H groups in total. The number of rotatable bonds is 3. The monoisotopic (exact) mass is 184 g/mol. The zero-order valence-electron chi connectivity index (χ0n) is 7.11. The summed E-state index contributed by atoms with van der Waals surface area (Å²) in [6, 6.07) is 0. The van der Waals surface area contributed by atoms with Crippen LogP contribution < -0.4 is 11.3 Å². The first-order valence-corrected chi connectivity index (χ1v) is 4.55. The summed E-state index contributed by atoms with van der Waals surface area (Å²) in [5, 5.41) is 1.40. The second-order valence-corrected chi connectivity index (χ2v) is 4.15. The smallest absolute Gasteiger partial charge is 0.159 e. The third-order valence-electron chi connectivity index (χ3n) is 1.12. The highest BCUT2D eigenvalue weighted by Crippen LogP contribution is 2.20. The Morgan fingerprint density at radius 1 is 1.50 bits per heavy atom. The van der Waals surface area contributed by atoms with Crippen molar-refractivity contribution < 1.29 is 0 Å². The topological polar surface area (TPSA) is 63.8 Å². The van der Waals surface area contributed by atoms with Crippen LogP contribution in [-0.4, -0.2) is 15.2 Å². The Morgan fingerprint density at radius 2 is 2.25 bits per heavy atom. The summed E-state index contributed by atoms with van der Waals surface area (Å²) in [4.78, 5) is 8.18. The number of hydrazine groups is 1. The Labute approximate surface area is 75.9 Å². The van der Waals surface area contributed by atoms with E-state index in [1.54, 1.807) is 24.2 Å². The van der Waals surface area contributed by atoms with Crippen molar-refractivity contribution in [1.82, 2.24) is 9.97 Å². The van der Waals surface area contributed by atoms with Gasteiger partial charge in [-0.15, -0.1) is 11.8 Å². The number of nitrogens with two attached hydrogens (primary N) is 1. The fourth-order valence-electron chi connectivity index (χ4n) is 0.716. The first-order valence-electron chi connectivity index (χ1n) is 3.67. The lowest BCUT2D eigenvalue weighted by molar-refractivity contribution is 1.02. The van der Waals surface area contributed by atoms with Crippen molar-refractivity contribution in [3.63, 3.8) is 0 Å². The third kappa shape index (κ3) is 2.67. The van der Waals surface area contributed by atoms with Crippen molar-refractivity contribution in [3.8, 4) is 0 Å². The van der Waals surface area contributed by atoms with Crippen molar-refractivity contribution in [2.75, 3.05) is 5.43 Å². The van der Waals surface area contributed by atoms with E-state index >= 15 is 0 Å². The maximum absolute atomic E-state index is 5.19. The molecule has 1 rings (SSSR count). The van der Waals surface area contributed by atoms with E-state index in [1.807, 2.05) is 0 Å². The molecule has 0 aliphatic heterocycles. The molecule has 0 amide bonds. The van der Waals surface area contributed by atoms with Gasteiger partial charge in [-0.1, -0.05) is 13.8 Å². The van der Waals surface area contributed by atoms with Crippen molar-refractivity contribution in [1.29, 1.82) is 0 Å². The number of thioether (sulfide) groups is 1. The molecular formula is C7H12N4S. The van der Waals surface area contributed by atoms with Crippen LogP contribution in [0, 0.1) is 0 Å². The highest BCUT2D eigenvalue weighted by atomic mass is 32.2. The lowest BCUT2D eigenvalue weighted by Crippen LogP contribution is -2.09. The highest BCUT2D eigenvalue weighted by Gasteiger charge is 2.00. The fraction of sp³-hybridized carbons (Fsp3) is 0.429. The molecule has 0 atom stereocenters. The Kier molecular flexibility index (Phi) is 3.31. The number of aromatic nitrogens is 2.